The van der Waals surface area contributed by atoms with Crippen LogP contribution in [-0.2, 0) is 5.41 Å². The maximum Gasteiger partial charge on any atom is 0.0823 e. The van der Waals surface area contributed by atoms with Gasteiger partial charge in [-0.25, -0.2) is 4.98 Å². The van der Waals surface area contributed by atoms with Crippen LogP contribution in [0, 0.1) is 27.7 Å². The highest BCUT2D eigenvalue weighted by Gasteiger charge is 2.16. The van der Waals surface area contributed by atoms with Crippen molar-refractivity contribution in [2.75, 3.05) is 0 Å². The van der Waals surface area contributed by atoms with Gasteiger partial charge in [0.05, 0.1) is 15.9 Å². The molecule has 4 aromatic rings. The molecule has 0 N–H and O–H groups in total. The monoisotopic (exact) mass is 399 g/mol. The van der Waals surface area contributed by atoms with Gasteiger partial charge in [0.2, 0.25) is 0 Å². The predicted octanol–water partition coefficient (Wildman–Crippen LogP) is 8.16. The van der Waals surface area contributed by atoms with Crippen molar-refractivity contribution in [3.63, 3.8) is 0 Å². The van der Waals surface area contributed by atoms with Crippen LogP contribution in [0.3, 0.4) is 0 Å². The number of hydrogen-bond acceptors (Lipinski definition) is 2. The van der Waals surface area contributed by atoms with E-state index in [1.807, 2.05) is 11.3 Å². The first-order chi connectivity index (χ1) is 13.6. The molecule has 0 aliphatic carbocycles. The molecule has 0 atom stereocenters. The quantitative estimate of drug-likeness (QED) is 0.331. The lowest BCUT2D eigenvalue weighted by Crippen LogP contribution is -2.11. The van der Waals surface area contributed by atoms with Crippen molar-refractivity contribution >= 4 is 21.6 Å². The van der Waals surface area contributed by atoms with Gasteiger partial charge in [0.15, 0.2) is 0 Å². The van der Waals surface area contributed by atoms with Crippen molar-refractivity contribution < 1.29 is 0 Å². The van der Waals surface area contributed by atoms with Crippen molar-refractivity contribution in [1.82, 2.24) is 4.98 Å². The van der Waals surface area contributed by atoms with Crippen LogP contribution in [0.4, 0.5) is 0 Å². The van der Waals surface area contributed by atoms with Gasteiger partial charge in [0, 0.05) is 10.4 Å². The molecule has 2 heterocycles. The van der Waals surface area contributed by atoms with Crippen molar-refractivity contribution in [2.45, 2.75) is 53.9 Å². The summed E-state index contributed by atoms with van der Waals surface area (Å²) in [5, 5.41) is 0. The van der Waals surface area contributed by atoms with Gasteiger partial charge >= 0.3 is 0 Å². The van der Waals surface area contributed by atoms with Crippen LogP contribution in [0.2, 0.25) is 0 Å². The summed E-state index contributed by atoms with van der Waals surface area (Å²) in [7, 11) is 0. The summed E-state index contributed by atoms with van der Waals surface area (Å²) in [4.78, 5) is 6.35. The van der Waals surface area contributed by atoms with Gasteiger partial charge in [0.25, 0.3) is 0 Å². The average Bonchev–Trinajstić information content (AvgIpc) is 3.02. The summed E-state index contributed by atoms with van der Waals surface area (Å²) in [5.74, 6) is 0. The minimum Gasteiger partial charge on any atom is -0.247 e. The Morgan fingerprint density at radius 3 is 2.07 bits per heavy atom. The summed E-state index contributed by atoms with van der Waals surface area (Å²) in [6.07, 6.45) is 0. The molecule has 0 amide bonds. The fourth-order valence-corrected chi connectivity index (χ4v) is 5.32. The molecule has 0 saturated carbocycles. The van der Waals surface area contributed by atoms with Gasteiger partial charge in [-0.15, -0.1) is 11.3 Å². The molecule has 0 bridgehead atoms. The third-order valence-corrected chi connectivity index (χ3v) is 6.64. The molecule has 2 heteroatoms. The van der Waals surface area contributed by atoms with Crippen LogP contribution in [0.15, 0.2) is 48.5 Å². The van der Waals surface area contributed by atoms with E-state index in [2.05, 4.69) is 97.0 Å². The van der Waals surface area contributed by atoms with Crippen molar-refractivity contribution in [2.24, 2.45) is 0 Å². The van der Waals surface area contributed by atoms with Crippen LogP contribution in [0.1, 0.15) is 48.6 Å². The summed E-state index contributed by atoms with van der Waals surface area (Å²) in [6, 6.07) is 18.0. The minimum absolute atomic E-state index is 0.126. The van der Waals surface area contributed by atoms with Crippen molar-refractivity contribution in [3.8, 4) is 21.7 Å². The molecule has 0 aliphatic heterocycles. The maximum atomic E-state index is 5.04. The highest BCUT2D eigenvalue weighted by atomic mass is 32.1. The van der Waals surface area contributed by atoms with Crippen LogP contribution < -0.4 is 0 Å². The van der Waals surface area contributed by atoms with E-state index in [4.69, 9.17) is 4.98 Å². The number of hydrogen-bond donors (Lipinski definition) is 0. The Bertz CT molecular complexity index is 1200. The number of aromatic nitrogens is 1. The first-order valence-electron chi connectivity index (χ1n) is 10.2. The number of nitrogens with zero attached hydrogens (tertiary/aromatic N) is 1. The van der Waals surface area contributed by atoms with E-state index in [0.29, 0.717) is 0 Å². The van der Waals surface area contributed by atoms with Crippen LogP contribution >= 0.6 is 11.3 Å². The molecule has 2 aromatic carbocycles. The van der Waals surface area contributed by atoms with Gasteiger partial charge in [-0.05, 0) is 85.7 Å². The molecule has 2 aromatic heterocycles. The van der Waals surface area contributed by atoms with E-state index in [0.717, 1.165) is 11.2 Å². The smallest absolute Gasteiger partial charge is 0.0823 e. The summed E-state index contributed by atoms with van der Waals surface area (Å²) >= 11 is 1.84. The van der Waals surface area contributed by atoms with Gasteiger partial charge < -0.3 is 0 Å². The Morgan fingerprint density at radius 1 is 0.759 bits per heavy atom. The van der Waals surface area contributed by atoms with Crippen LogP contribution in [-0.4, -0.2) is 4.98 Å². The molecular weight excluding hydrogens is 370 g/mol. The van der Waals surface area contributed by atoms with Gasteiger partial charge in [-0.3, -0.25) is 0 Å². The summed E-state index contributed by atoms with van der Waals surface area (Å²) < 4.78 is 1.24. The lowest BCUT2D eigenvalue weighted by Gasteiger charge is -2.20. The normalized spacial score (nSPS) is 12.0. The highest BCUT2D eigenvalue weighted by Crippen LogP contribution is 2.38. The molecule has 1 nitrogen and oxygen atoms in total. The van der Waals surface area contributed by atoms with Crippen molar-refractivity contribution in [3.05, 3.63) is 76.3 Å². The average molecular weight is 400 g/mol. The number of pyridine rings is 1. The van der Waals surface area contributed by atoms with Crippen LogP contribution in [0.5, 0.6) is 0 Å². The van der Waals surface area contributed by atoms with E-state index in [1.165, 1.54) is 48.5 Å². The maximum absolute atomic E-state index is 5.04. The first-order valence-corrected chi connectivity index (χ1v) is 11.0. The first kappa shape index (κ1) is 19.8. The molecule has 0 aliphatic rings. The van der Waals surface area contributed by atoms with E-state index in [9.17, 15) is 0 Å². The second kappa shape index (κ2) is 7.11. The Morgan fingerprint density at radius 2 is 1.41 bits per heavy atom. The highest BCUT2D eigenvalue weighted by molar-refractivity contribution is 7.22. The van der Waals surface area contributed by atoms with E-state index in [1.54, 1.807) is 0 Å². The fourth-order valence-electron chi connectivity index (χ4n) is 4.14. The molecule has 0 fully saturated rings. The zero-order valence-electron chi connectivity index (χ0n) is 18.5. The standard InChI is InChI=1S/C27H29NS/c1-16-10-18(3)26(19(4)11-16)25-15-23-24(29-25)9-8-22(28-23)20-12-17(2)13-21(14-20)27(5,6)7/h8-15H,1-7H3. The molecule has 0 spiro atoms. The molecule has 4 rings (SSSR count). The number of thiophene rings is 1. The van der Waals surface area contributed by atoms with Gasteiger partial charge in [-0.1, -0.05) is 50.1 Å². The van der Waals surface area contributed by atoms with Gasteiger partial charge in [0.1, 0.15) is 0 Å². The number of fused-ring (bicyclic) bond motifs is 1. The fraction of sp³-hybridized carbons (Fsp3) is 0.296. The Balaban J connectivity index is 1.82. The number of rotatable bonds is 2. The predicted molar refractivity (Wildman–Crippen MR) is 128 cm³/mol. The van der Waals surface area contributed by atoms with Crippen LogP contribution in [0.25, 0.3) is 31.9 Å². The Labute approximate surface area is 178 Å². The molecule has 29 heavy (non-hydrogen) atoms. The zero-order valence-corrected chi connectivity index (χ0v) is 19.3. The SMILES string of the molecule is Cc1cc(-c2ccc3sc(-c4c(C)cc(C)cc4C)cc3n2)cc(C(C)(C)C)c1. The topological polar surface area (TPSA) is 12.9 Å². The Kier molecular flexibility index (Phi) is 4.86. The summed E-state index contributed by atoms with van der Waals surface area (Å²) in [6.45, 7) is 15.5. The van der Waals surface area contributed by atoms with E-state index >= 15 is 0 Å². The molecule has 0 radical (unpaired) electrons. The number of aryl methyl sites for hydroxylation is 4. The van der Waals surface area contributed by atoms with Gasteiger partial charge in [-0.2, -0.15) is 0 Å². The molecular formula is C27H29NS. The summed E-state index contributed by atoms with van der Waals surface area (Å²) in [5.41, 5.74) is 11.4. The third-order valence-electron chi connectivity index (χ3n) is 5.54. The second-order valence-electron chi connectivity index (χ2n) is 9.30. The van der Waals surface area contributed by atoms with Crippen molar-refractivity contribution in [1.29, 1.82) is 0 Å². The largest absolute Gasteiger partial charge is 0.247 e. The van der Waals surface area contributed by atoms with E-state index < -0.39 is 0 Å². The minimum atomic E-state index is 0.126. The third kappa shape index (κ3) is 3.86. The van der Waals surface area contributed by atoms with E-state index in [-0.39, 0.29) is 5.41 Å². The lowest BCUT2D eigenvalue weighted by atomic mass is 9.85. The lowest BCUT2D eigenvalue weighted by molar-refractivity contribution is 0.590. The molecule has 148 valence electrons. The molecule has 0 saturated heterocycles. The molecule has 0 unspecified atom stereocenters. The number of benzene rings is 2. The second-order valence-corrected chi connectivity index (χ2v) is 10.4. The zero-order chi connectivity index (χ0) is 20.9. The Hall–Kier alpha value is -2.45.